The van der Waals surface area contributed by atoms with Gasteiger partial charge in [0.1, 0.15) is 5.82 Å². The van der Waals surface area contributed by atoms with Crippen LogP contribution in [-0.4, -0.2) is 17.3 Å². The normalized spacial score (nSPS) is 32.4. The predicted molar refractivity (Wildman–Crippen MR) is 68.5 cm³/mol. The Morgan fingerprint density at radius 1 is 1.28 bits per heavy atom. The Morgan fingerprint density at radius 3 is 2.67 bits per heavy atom. The second-order valence-corrected chi connectivity index (χ2v) is 5.49. The molecule has 4 unspecified atom stereocenters. The van der Waals surface area contributed by atoms with Crippen molar-refractivity contribution in [3.8, 4) is 0 Å². The first-order valence-electron chi connectivity index (χ1n) is 6.61. The fourth-order valence-corrected chi connectivity index (χ4v) is 2.87. The Labute approximate surface area is 108 Å². The molecule has 1 aliphatic carbocycles. The van der Waals surface area contributed by atoms with E-state index in [2.05, 4.69) is 13.8 Å². The van der Waals surface area contributed by atoms with Crippen LogP contribution >= 0.6 is 0 Å². The van der Waals surface area contributed by atoms with E-state index in [1.807, 2.05) is 0 Å². The SMILES string of the molecule is CC1CC(C)C(OCc2ccccc2F)C(O)C1. The van der Waals surface area contributed by atoms with Gasteiger partial charge < -0.3 is 9.84 Å². The fourth-order valence-electron chi connectivity index (χ4n) is 2.87. The molecule has 2 nitrogen and oxygen atoms in total. The number of aliphatic hydroxyl groups is 1. The first-order valence-corrected chi connectivity index (χ1v) is 6.61. The van der Waals surface area contributed by atoms with Gasteiger partial charge in [-0.2, -0.15) is 0 Å². The molecule has 1 aromatic carbocycles. The largest absolute Gasteiger partial charge is 0.390 e. The smallest absolute Gasteiger partial charge is 0.128 e. The zero-order chi connectivity index (χ0) is 13.1. The molecule has 0 amide bonds. The molecule has 0 saturated heterocycles. The maximum Gasteiger partial charge on any atom is 0.128 e. The van der Waals surface area contributed by atoms with Crippen LogP contribution in [0.3, 0.4) is 0 Å². The molecular weight excluding hydrogens is 231 g/mol. The van der Waals surface area contributed by atoms with Gasteiger partial charge in [0, 0.05) is 5.56 Å². The Balaban J connectivity index is 1.95. The Hall–Kier alpha value is -0.930. The lowest BCUT2D eigenvalue weighted by atomic mass is 9.79. The third-order valence-corrected chi connectivity index (χ3v) is 3.75. The average molecular weight is 252 g/mol. The first kappa shape index (κ1) is 13.5. The van der Waals surface area contributed by atoms with Crippen molar-refractivity contribution in [1.82, 2.24) is 0 Å². The summed E-state index contributed by atoms with van der Waals surface area (Å²) in [6, 6.07) is 6.61. The van der Waals surface area contributed by atoms with Gasteiger partial charge in [0.2, 0.25) is 0 Å². The highest BCUT2D eigenvalue weighted by Gasteiger charge is 2.33. The summed E-state index contributed by atoms with van der Waals surface area (Å²) in [7, 11) is 0. The van der Waals surface area contributed by atoms with Crippen LogP contribution in [0.5, 0.6) is 0 Å². The lowest BCUT2D eigenvalue weighted by molar-refractivity contribution is -0.103. The Kier molecular flexibility index (Phi) is 4.36. The topological polar surface area (TPSA) is 29.5 Å². The highest BCUT2D eigenvalue weighted by atomic mass is 19.1. The molecule has 0 aromatic heterocycles. The highest BCUT2D eigenvalue weighted by Crippen LogP contribution is 2.31. The van der Waals surface area contributed by atoms with Gasteiger partial charge in [-0.15, -0.1) is 0 Å². The molecule has 1 fully saturated rings. The van der Waals surface area contributed by atoms with Gasteiger partial charge in [0.15, 0.2) is 0 Å². The molecule has 1 N–H and O–H groups in total. The van der Waals surface area contributed by atoms with E-state index < -0.39 is 6.10 Å². The zero-order valence-corrected chi connectivity index (χ0v) is 11.0. The van der Waals surface area contributed by atoms with Crippen LogP contribution in [0.2, 0.25) is 0 Å². The molecule has 0 radical (unpaired) electrons. The predicted octanol–water partition coefficient (Wildman–Crippen LogP) is 3.14. The molecule has 18 heavy (non-hydrogen) atoms. The van der Waals surface area contributed by atoms with Crippen LogP contribution in [-0.2, 0) is 11.3 Å². The van der Waals surface area contributed by atoms with Gasteiger partial charge in [0.05, 0.1) is 18.8 Å². The minimum absolute atomic E-state index is 0.180. The number of aliphatic hydroxyl groups excluding tert-OH is 1. The quantitative estimate of drug-likeness (QED) is 0.895. The molecule has 4 atom stereocenters. The van der Waals surface area contributed by atoms with Crippen LogP contribution < -0.4 is 0 Å². The summed E-state index contributed by atoms with van der Waals surface area (Å²) in [6.07, 6.45) is 1.21. The molecule has 1 aliphatic rings. The molecule has 1 aromatic rings. The van der Waals surface area contributed by atoms with E-state index in [-0.39, 0.29) is 18.5 Å². The highest BCUT2D eigenvalue weighted by molar-refractivity contribution is 5.16. The standard InChI is InChI=1S/C15H21FO2/c1-10-7-11(2)15(14(17)8-10)18-9-12-5-3-4-6-13(12)16/h3-6,10-11,14-15,17H,7-9H2,1-2H3. The van der Waals surface area contributed by atoms with E-state index in [0.717, 1.165) is 12.8 Å². The number of hydrogen-bond acceptors (Lipinski definition) is 2. The number of rotatable bonds is 3. The molecule has 0 aliphatic heterocycles. The van der Waals surface area contributed by atoms with E-state index in [1.165, 1.54) is 6.07 Å². The zero-order valence-electron chi connectivity index (χ0n) is 11.0. The summed E-state index contributed by atoms with van der Waals surface area (Å²) >= 11 is 0. The summed E-state index contributed by atoms with van der Waals surface area (Å²) in [5.74, 6) is 0.600. The van der Waals surface area contributed by atoms with Crippen molar-refractivity contribution in [1.29, 1.82) is 0 Å². The Morgan fingerprint density at radius 2 is 2.00 bits per heavy atom. The molecule has 0 spiro atoms. The van der Waals surface area contributed by atoms with Crippen molar-refractivity contribution in [2.24, 2.45) is 11.8 Å². The van der Waals surface area contributed by atoms with Crippen LogP contribution in [0.1, 0.15) is 32.3 Å². The van der Waals surface area contributed by atoms with E-state index >= 15 is 0 Å². The summed E-state index contributed by atoms with van der Waals surface area (Å²) < 4.78 is 19.2. The van der Waals surface area contributed by atoms with E-state index in [1.54, 1.807) is 18.2 Å². The lowest BCUT2D eigenvalue weighted by Crippen LogP contribution is -2.41. The van der Waals surface area contributed by atoms with Crippen molar-refractivity contribution >= 4 is 0 Å². The molecule has 0 bridgehead atoms. The molecule has 1 saturated carbocycles. The number of benzene rings is 1. The van der Waals surface area contributed by atoms with Gasteiger partial charge in [0.25, 0.3) is 0 Å². The van der Waals surface area contributed by atoms with Gasteiger partial charge >= 0.3 is 0 Å². The molecule has 0 heterocycles. The second-order valence-electron chi connectivity index (χ2n) is 5.49. The number of halogens is 1. The van der Waals surface area contributed by atoms with Crippen molar-refractivity contribution in [3.63, 3.8) is 0 Å². The molecular formula is C15H21FO2. The first-order chi connectivity index (χ1) is 8.58. The molecule has 100 valence electrons. The molecule has 3 heteroatoms. The van der Waals surface area contributed by atoms with Crippen LogP contribution in [0, 0.1) is 17.7 Å². The number of hydrogen-bond donors (Lipinski definition) is 1. The summed E-state index contributed by atoms with van der Waals surface area (Å²) in [4.78, 5) is 0. The maximum atomic E-state index is 13.5. The van der Waals surface area contributed by atoms with E-state index in [9.17, 15) is 9.50 Å². The van der Waals surface area contributed by atoms with E-state index in [4.69, 9.17) is 4.74 Å². The maximum absolute atomic E-state index is 13.5. The summed E-state index contributed by atoms with van der Waals surface area (Å²) in [6.45, 7) is 4.46. The average Bonchev–Trinajstić information content (AvgIpc) is 2.30. The minimum Gasteiger partial charge on any atom is -0.390 e. The van der Waals surface area contributed by atoms with Crippen LogP contribution in [0.4, 0.5) is 4.39 Å². The summed E-state index contributed by atoms with van der Waals surface area (Å²) in [5.41, 5.74) is 0.551. The number of ether oxygens (including phenoxy) is 1. The molecule has 2 rings (SSSR count). The Bertz CT molecular complexity index is 382. The third-order valence-electron chi connectivity index (χ3n) is 3.75. The van der Waals surface area contributed by atoms with Gasteiger partial charge in [-0.3, -0.25) is 0 Å². The van der Waals surface area contributed by atoms with Gasteiger partial charge in [-0.05, 0) is 30.7 Å². The van der Waals surface area contributed by atoms with Crippen molar-refractivity contribution < 1.29 is 14.2 Å². The van der Waals surface area contributed by atoms with Crippen molar-refractivity contribution in [2.75, 3.05) is 0 Å². The third kappa shape index (κ3) is 3.09. The summed E-state index contributed by atoms with van der Waals surface area (Å²) in [5, 5.41) is 10.0. The fraction of sp³-hybridized carbons (Fsp3) is 0.600. The van der Waals surface area contributed by atoms with Crippen LogP contribution in [0.15, 0.2) is 24.3 Å². The minimum atomic E-state index is -0.435. The van der Waals surface area contributed by atoms with Gasteiger partial charge in [-0.25, -0.2) is 4.39 Å². The van der Waals surface area contributed by atoms with Crippen molar-refractivity contribution in [2.45, 2.75) is 45.5 Å². The monoisotopic (exact) mass is 252 g/mol. The lowest BCUT2D eigenvalue weighted by Gasteiger charge is -2.36. The van der Waals surface area contributed by atoms with Gasteiger partial charge in [-0.1, -0.05) is 32.0 Å². The van der Waals surface area contributed by atoms with Crippen molar-refractivity contribution in [3.05, 3.63) is 35.6 Å². The van der Waals surface area contributed by atoms with Crippen LogP contribution in [0.25, 0.3) is 0 Å². The second kappa shape index (κ2) is 5.81. The van der Waals surface area contributed by atoms with E-state index in [0.29, 0.717) is 17.4 Å².